The number of nitrogens with zero attached hydrogens (tertiary/aromatic N) is 1. The molecule has 8 heteroatoms. The molecular weight excluding hydrogens is 365 g/mol. The van der Waals surface area contributed by atoms with E-state index in [2.05, 4.69) is 0 Å². The maximum atomic E-state index is 12.4. The second-order valence-electron chi connectivity index (χ2n) is 4.48. The molecule has 4 nitrogen and oxygen atoms in total. The van der Waals surface area contributed by atoms with Gasteiger partial charge in [0.2, 0.25) is 0 Å². The molecule has 1 amide bonds. The molecule has 0 radical (unpaired) electrons. The number of benzene rings is 2. The number of hydrogen-bond acceptors (Lipinski definition) is 4. The number of thioether (sulfide) groups is 1. The fraction of sp³-hybridized carbons (Fsp3) is 0.0714. The van der Waals surface area contributed by atoms with Gasteiger partial charge >= 0.3 is 0 Å². The molecule has 0 N–H and O–H groups in total. The minimum absolute atomic E-state index is 0.0332. The van der Waals surface area contributed by atoms with E-state index >= 15 is 0 Å². The van der Waals surface area contributed by atoms with Crippen molar-refractivity contribution in [1.29, 1.82) is 0 Å². The van der Waals surface area contributed by atoms with Gasteiger partial charge in [-0.25, -0.2) is 12.7 Å². The third-order valence-corrected chi connectivity index (χ3v) is 7.08. The van der Waals surface area contributed by atoms with Gasteiger partial charge in [0.25, 0.3) is 15.9 Å². The number of hydrogen-bond donors (Lipinski definition) is 0. The van der Waals surface area contributed by atoms with E-state index in [-0.39, 0.29) is 16.3 Å². The van der Waals surface area contributed by atoms with Crippen LogP contribution in [0.3, 0.4) is 0 Å². The summed E-state index contributed by atoms with van der Waals surface area (Å²) in [5.74, 6) is -0.620. The lowest BCUT2D eigenvalue weighted by Gasteiger charge is -2.15. The Morgan fingerprint density at radius 1 is 1.00 bits per heavy atom. The molecule has 0 atom stereocenters. The Hall–Kier alpha value is -1.21. The minimum Gasteiger partial charge on any atom is -0.268 e. The topological polar surface area (TPSA) is 54.5 Å². The first-order chi connectivity index (χ1) is 10.4. The minimum atomic E-state index is -3.81. The van der Waals surface area contributed by atoms with E-state index in [1.54, 1.807) is 30.3 Å². The van der Waals surface area contributed by atoms with Crippen LogP contribution in [-0.2, 0) is 10.0 Å². The quantitative estimate of drug-likeness (QED) is 0.765. The smallest absolute Gasteiger partial charge is 0.268 e. The molecule has 1 aliphatic heterocycles. The molecule has 2 aromatic rings. The molecule has 0 aliphatic carbocycles. The molecule has 1 heterocycles. The lowest BCUT2D eigenvalue weighted by atomic mass is 10.2. The fourth-order valence-electron chi connectivity index (χ4n) is 2.10. The zero-order valence-electron chi connectivity index (χ0n) is 11.0. The molecular formula is C14H9Cl2NO3S2. The van der Waals surface area contributed by atoms with Crippen molar-refractivity contribution in [3.63, 3.8) is 0 Å². The van der Waals surface area contributed by atoms with E-state index in [0.717, 1.165) is 16.1 Å². The van der Waals surface area contributed by atoms with Crippen molar-refractivity contribution in [2.75, 3.05) is 5.88 Å². The van der Waals surface area contributed by atoms with Crippen LogP contribution in [0.5, 0.6) is 0 Å². The zero-order chi connectivity index (χ0) is 15.9. The van der Waals surface area contributed by atoms with Crippen LogP contribution in [0.15, 0.2) is 52.3 Å². The summed E-state index contributed by atoms with van der Waals surface area (Å²) in [5.41, 5.74) is 0.188. The van der Waals surface area contributed by atoms with Gasteiger partial charge < -0.3 is 0 Å². The van der Waals surface area contributed by atoms with E-state index in [1.165, 1.54) is 12.1 Å². The van der Waals surface area contributed by atoms with Gasteiger partial charge in [0.15, 0.2) is 0 Å². The molecule has 0 fully saturated rings. The average molecular weight is 374 g/mol. The molecule has 22 heavy (non-hydrogen) atoms. The Morgan fingerprint density at radius 3 is 2.27 bits per heavy atom. The van der Waals surface area contributed by atoms with Crippen LogP contribution in [0.25, 0.3) is 0 Å². The van der Waals surface area contributed by atoms with Crippen LogP contribution in [0.4, 0.5) is 0 Å². The molecule has 1 aliphatic rings. The lowest BCUT2D eigenvalue weighted by Crippen LogP contribution is -2.29. The van der Waals surface area contributed by atoms with Crippen molar-refractivity contribution < 1.29 is 13.2 Å². The highest BCUT2D eigenvalue weighted by atomic mass is 35.5. The van der Waals surface area contributed by atoms with Crippen LogP contribution in [0.2, 0.25) is 10.0 Å². The van der Waals surface area contributed by atoms with Crippen molar-refractivity contribution >= 4 is 50.9 Å². The Labute approximate surface area is 142 Å². The number of carbonyl (C=O) groups is 1. The third kappa shape index (κ3) is 2.50. The summed E-state index contributed by atoms with van der Waals surface area (Å²) in [7, 11) is -3.81. The molecule has 0 spiro atoms. The SMILES string of the molecule is O=C1c2ccccc2S(=O)(=O)N1CSc1c(Cl)cccc1Cl. The number of halogens is 2. The molecule has 0 bridgehead atoms. The zero-order valence-corrected chi connectivity index (χ0v) is 14.1. The van der Waals surface area contributed by atoms with Gasteiger partial charge in [-0.2, -0.15) is 0 Å². The number of carbonyl (C=O) groups excluding carboxylic acids is 1. The van der Waals surface area contributed by atoms with Crippen molar-refractivity contribution in [2.45, 2.75) is 9.79 Å². The number of rotatable bonds is 3. The Morgan fingerprint density at radius 2 is 1.64 bits per heavy atom. The van der Waals surface area contributed by atoms with Crippen molar-refractivity contribution in [2.24, 2.45) is 0 Å². The lowest BCUT2D eigenvalue weighted by molar-refractivity contribution is 0.0887. The van der Waals surface area contributed by atoms with Crippen LogP contribution in [-0.4, -0.2) is 24.5 Å². The van der Waals surface area contributed by atoms with E-state index in [9.17, 15) is 13.2 Å². The monoisotopic (exact) mass is 373 g/mol. The second-order valence-corrected chi connectivity index (χ2v) is 8.08. The first-order valence-electron chi connectivity index (χ1n) is 6.16. The summed E-state index contributed by atoms with van der Waals surface area (Å²) in [5, 5.41) is 0.832. The van der Waals surface area contributed by atoms with Crippen molar-refractivity contribution in [3.8, 4) is 0 Å². The molecule has 0 saturated heterocycles. The molecule has 0 unspecified atom stereocenters. The van der Waals surface area contributed by atoms with Crippen molar-refractivity contribution in [3.05, 3.63) is 58.1 Å². The first kappa shape index (κ1) is 15.7. The van der Waals surface area contributed by atoms with Gasteiger partial charge in [-0.3, -0.25) is 4.79 Å². The Bertz CT molecular complexity index is 848. The maximum Gasteiger partial charge on any atom is 0.269 e. The maximum absolute atomic E-state index is 12.4. The summed E-state index contributed by atoms with van der Waals surface area (Å²) in [6.45, 7) is 0. The highest BCUT2D eigenvalue weighted by Gasteiger charge is 2.40. The van der Waals surface area contributed by atoms with Gasteiger partial charge in [0.05, 0.1) is 21.5 Å². The molecule has 0 saturated carbocycles. The van der Waals surface area contributed by atoms with Crippen LogP contribution in [0, 0.1) is 0 Å². The molecule has 0 aromatic heterocycles. The summed E-state index contributed by atoms with van der Waals surface area (Å²) >= 11 is 13.2. The van der Waals surface area contributed by atoms with Gasteiger partial charge in [-0.15, -0.1) is 11.8 Å². The van der Waals surface area contributed by atoms with E-state index in [0.29, 0.717) is 14.9 Å². The largest absolute Gasteiger partial charge is 0.269 e. The highest BCUT2D eigenvalue weighted by Crippen LogP contribution is 2.37. The summed E-state index contributed by atoms with van der Waals surface area (Å²) in [6, 6.07) is 11.2. The summed E-state index contributed by atoms with van der Waals surface area (Å²) in [4.78, 5) is 12.9. The highest BCUT2D eigenvalue weighted by molar-refractivity contribution is 8.00. The molecule has 2 aromatic carbocycles. The van der Waals surface area contributed by atoms with E-state index in [4.69, 9.17) is 23.2 Å². The van der Waals surface area contributed by atoms with E-state index < -0.39 is 15.9 Å². The van der Waals surface area contributed by atoms with Crippen LogP contribution < -0.4 is 0 Å². The predicted octanol–water partition coefficient (Wildman–Crippen LogP) is 3.89. The van der Waals surface area contributed by atoms with Crippen LogP contribution >= 0.6 is 35.0 Å². The number of sulfonamides is 1. The van der Waals surface area contributed by atoms with E-state index in [1.807, 2.05) is 0 Å². The van der Waals surface area contributed by atoms with Crippen LogP contribution in [0.1, 0.15) is 10.4 Å². The average Bonchev–Trinajstić information content (AvgIpc) is 2.67. The van der Waals surface area contributed by atoms with Crippen molar-refractivity contribution in [1.82, 2.24) is 4.31 Å². The van der Waals surface area contributed by atoms with Gasteiger partial charge in [0, 0.05) is 4.90 Å². The van der Waals surface area contributed by atoms with Gasteiger partial charge in [-0.05, 0) is 24.3 Å². The summed E-state index contributed by atoms with van der Waals surface area (Å²) < 4.78 is 25.7. The summed E-state index contributed by atoms with van der Waals surface area (Å²) in [6.07, 6.45) is 0. The third-order valence-electron chi connectivity index (χ3n) is 3.16. The molecule has 3 rings (SSSR count). The molecule has 114 valence electrons. The Kier molecular flexibility index (Phi) is 4.11. The van der Waals surface area contributed by atoms with Gasteiger partial charge in [0.1, 0.15) is 4.90 Å². The first-order valence-corrected chi connectivity index (χ1v) is 9.34. The fourth-order valence-corrected chi connectivity index (χ4v) is 5.55. The number of fused-ring (bicyclic) bond motifs is 1. The number of amides is 1. The van der Waals surface area contributed by atoms with Gasteiger partial charge in [-0.1, -0.05) is 41.4 Å². The standard InChI is InChI=1S/C14H9Cl2NO3S2/c15-10-5-3-6-11(16)13(10)21-8-17-14(18)9-4-1-2-7-12(9)22(17,19)20/h1-7H,8H2. The predicted molar refractivity (Wildman–Crippen MR) is 87.0 cm³/mol. The Balaban J connectivity index is 1.90. The second kappa shape index (κ2) is 5.77. The normalized spacial score (nSPS) is 15.9.